The smallest absolute Gasteiger partial charge is 0.321 e. The monoisotopic (exact) mass is 348 g/mol. The topological polar surface area (TPSA) is 78.4 Å². The SMILES string of the molecule is O=C(C[C@@H](NCc1ccccc1)C(=O)O)Nc1cccc2ccccc12. The minimum Gasteiger partial charge on any atom is -0.480 e. The maximum Gasteiger partial charge on any atom is 0.321 e. The molecular weight excluding hydrogens is 328 g/mol. The summed E-state index contributed by atoms with van der Waals surface area (Å²) in [5.74, 6) is -1.39. The Balaban J connectivity index is 1.65. The van der Waals surface area contributed by atoms with Crippen LogP contribution in [0.5, 0.6) is 0 Å². The fourth-order valence-corrected chi connectivity index (χ4v) is 2.80. The van der Waals surface area contributed by atoms with Crippen molar-refractivity contribution in [2.24, 2.45) is 0 Å². The zero-order valence-corrected chi connectivity index (χ0v) is 14.2. The van der Waals surface area contributed by atoms with Gasteiger partial charge in [-0.2, -0.15) is 0 Å². The first-order valence-corrected chi connectivity index (χ1v) is 8.41. The number of hydrogen-bond donors (Lipinski definition) is 3. The highest BCUT2D eigenvalue weighted by Crippen LogP contribution is 2.23. The molecule has 1 atom stereocenters. The summed E-state index contributed by atoms with van der Waals surface area (Å²) in [5.41, 5.74) is 1.65. The summed E-state index contributed by atoms with van der Waals surface area (Å²) in [7, 11) is 0. The zero-order valence-electron chi connectivity index (χ0n) is 14.2. The standard InChI is InChI=1S/C21H20N2O3/c24-20(23-18-12-6-10-16-9-4-5-11-17(16)18)13-19(21(25)26)22-14-15-7-2-1-3-8-15/h1-12,19,22H,13-14H2,(H,23,24)(H,25,26)/t19-/m1/s1. The molecule has 5 heteroatoms. The van der Waals surface area contributed by atoms with Crippen molar-refractivity contribution in [3.05, 3.63) is 78.4 Å². The van der Waals surface area contributed by atoms with Crippen LogP contribution in [0.1, 0.15) is 12.0 Å². The van der Waals surface area contributed by atoms with Gasteiger partial charge in [0.05, 0.1) is 6.42 Å². The van der Waals surface area contributed by atoms with Crippen molar-refractivity contribution < 1.29 is 14.7 Å². The van der Waals surface area contributed by atoms with Crippen LogP contribution in [-0.2, 0) is 16.1 Å². The van der Waals surface area contributed by atoms with Crippen molar-refractivity contribution in [2.45, 2.75) is 19.0 Å². The molecule has 3 aromatic carbocycles. The van der Waals surface area contributed by atoms with E-state index in [-0.39, 0.29) is 12.3 Å². The number of hydrogen-bond acceptors (Lipinski definition) is 3. The van der Waals surface area contributed by atoms with E-state index in [0.29, 0.717) is 12.2 Å². The molecule has 0 fully saturated rings. The Kier molecular flexibility index (Phi) is 5.61. The molecule has 0 aliphatic heterocycles. The van der Waals surface area contributed by atoms with Gasteiger partial charge in [-0.15, -0.1) is 0 Å². The van der Waals surface area contributed by atoms with Crippen molar-refractivity contribution in [3.8, 4) is 0 Å². The van der Waals surface area contributed by atoms with Crippen LogP contribution >= 0.6 is 0 Å². The molecule has 1 amide bonds. The van der Waals surface area contributed by atoms with Crippen molar-refractivity contribution in [1.29, 1.82) is 0 Å². The van der Waals surface area contributed by atoms with Gasteiger partial charge in [0.25, 0.3) is 0 Å². The van der Waals surface area contributed by atoms with E-state index in [1.54, 1.807) is 0 Å². The van der Waals surface area contributed by atoms with Crippen molar-refractivity contribution in [2.75, 3.05) is 5.32 Å². The number of amides is 1. The van der Waals surface area contributed by atoms with Gasteiger partial charge in [-0.1, -0.05) is 66.7 Å². The Bertz CT molecular complexity index is 904. The molecule has 0 saturated heterocycles. The number of carbonyl (C=O) groups excluding carboxylic acids is 1. The van der Waals surface area contributed by atoms with Gasteiger partial charge in [0, 0.05) is 17.6 Å². The predicted octanol–water partition coefficient (Wildman–Crippen LogP) is 3.41. The Hall–Kier alpha value is -3.18. The van der Waals surface area contributed by atoms with Crippen LogP contribution in [-0.4, -0.2) is 23.0 Å². The Morgan fingerprint density at radius 2 is 1.58 bits per heavy atom. The first-order valence-electron chi connectivity index (χ1n) is 8.41. The van der Waals surface area contributed by atoms with E-state index < -0.39 is 12.0 Å². The van der Waals surface area contributed by atoms with Crippen molar-refractivity contribution >= 4 is 28.3 Å². The maximum absolute atomic E-state index is 12.4. The predicted molar refractivity (Wildman–Crippen MR) is 102 cm³/mol. The Morgan fingerprint density at radius 3 is 2.35 bits per heavy atom. The molecule has 0 aliphatic rings. The molecule has 132 valence electrons. The van der Waals surface area contributed by atoms with Crippen LogP contribution in [0.4, 0.5) is 5.69 Å². The third kappa shape index (κ3) is 4.46. The molecule has 3 rings (SSSR count). The number of nitrogens with one attached hydrogen (secondary N) is 2. The van der Waals surface area contributed by atoms with Crippen LogP contribution in [0, 0.1) is 0 Å². The molecule has 0 spiro atoms. The van der Waals surface area contributed by atoms with Crippen LogP contribution in [0.15, 0.2) is 72.8 Å². The number of aliphatic carboxylic acids is 1. The number of carbonyl (C=O) groups is 2. The highest BCUT2D eigenvalue weighted by Gasteiger charge is 2.21. The molecule has 0 radical (unpaired) electrons. The number of rotatable bonds is 7. The van der Waals surface area contributed by atoms with E-state index in [4.69, 9.17) is 0 Å². The van der Waals surface area contributed by atoms with Gasteiger partial charge in [0.2, 0.25) is 5.91 Å². The molecule has 3 N–H and O–H groups in total. The average Bonchev–Trinajstić information content (AvgIpc) is 2.66. The second-order valence-electron chi connectivity index (χ2n) is 6.04. The van der Waals surface area contributed by atoms with Gasteiger partial charge in [-0.05, 0) is 17.0 Å². The lowest BCUT2D eigenvalue weighted by molar-refractivity contribution is -0.141. The van der Waals surface area contributed by atoms with Crippen LogP contribution in [0.25, 0.3) is 10.8 Å². The third-order valence-corrected chi connectivity index (χ3v) is 4.15. The molecular formula is C21H20N2O3. The highest BCUT2D eigenvalue weighted by molar-refractivity contribution is 6.03. The fourth-order valence-electron chi connectivity index (χ4n) is 2.80. The summed E-state index contributed by atoms with van der Waals surface area (Å²) in [6.45, 7) is 0.388. The van der Waals surface area contributed by atoms with Crippen molar-refractivity contribution in [3.63, 3.8) is 0 Å². The minimum absolute atomic E-state index is 0.147. The lowest BCUT2D eigenvalue weighted by Gasteiger charge is -2.15. The van der Waals surface area contributed by atoms with E-state index in [1.807, 2.05) is 72.8 Å². The zero-order chi connectivity index (χ0) is 18.4. The van der Waals surface area contributed by atoms with Gasteiger partial charge in [0.15, 0.2) is 0 Å². The van der Waals surface area contributed by atoms with E-state index >= 15 is 0 Å². The molecule has 0 unspecified atom stereocenters. The van der Waals surface area contributed by atoms with Crippen molar-refractivity contribution in [1.82, 2.24) is 5.32 Å². The number of carboxylic acids is 1. The minimum atomic E-state index is -1.05. The summed E-state index contributed by atoms with van der Waals surface area (Å²) in [5, 5.41) is 17.1. The van der Waals surface area contributed by atoms with E-state index in [9.17, 15) is 14.7 Å². The number of anilines is 1. The normalized spacial score (nSPS) is 11.8. The molecule has 0 aliphatic carbocycles. The third-order valence-electron chi connectivity index (χ3n) is 4.15. The van der Waals surface area contributed by atoms with Gasteiger partial charge in [-0.25, -0.2) is 0 Å². The summed E-state index contributed by atoms with van der Waals surface area (Å²) in [4.78, 5) is 23.8. The van der Waals surface area contributed by atoms with Gasteiger partial charge >= 0.3 is 5.97 Å². The van der Waals surface area contributed by atoms with E-state index in [1.165, 1.54) is 0 Å². The number of fused-ring (bicyclic) bond motifs is 1. The fraction of sp³-hybridized carbons (Fsp3) is 0.143. The number of benzene rings is 3. The van der Waals surface area contributed by atoms with Gasteiger partial charge in [0.1, 0.15) is 6.04 Å². The molecule has 0 saturated carbocycles. The Labute approximate surface area is 151 Å². The van der Waals surface area contributed by atoms with Gasteiger partial charge < -0.3 is 10.4 Å². The lowest BCUT2D eigenvalue weighted by atomic mass is 10.1. The number of carboxylic acid groups (broad SMARTS) is 1. The summed E-state index contributed by atoms with van der Waals surface area (Å²) >= 11 is 0. The van der Waals surface area contributed by atoms with Crippen LogP contribution in [0.2, 0.25) is 0 Å². The summed E-state index contributed by atoms with van der Waals surface area (Å²) in [6.07, 6.45) is -0.147. The van der Waals surface area contributed by atoms with E-state index in [0.717, 1.165) is 16.3 Å². The van der Waals surface area contributed by atoms with Crippen LogP contribution in [0.3, 0.4) is 0 Å². The first-order chi connectivity index (χ1) is 12.6. The van der Waals surface area contributed by atoms with E-state index in [2.05, 4.69) is 10.6 Å². The molecule has 3 aromatic rings. The summed E-state index contributed by atoms with van der Waals surface area (Å²) < 4.78 is 0. The maximum atomic E-state index is 12.4. The van der Waals surface area contributed by atoms with Crippen LogP contribution < -0.4 is 10.6 Å². The molecule has 26 heavy (non-hydrogen) atoms. The largest absolute Gasteiger partial charge is 0.480 e. The molecule has 5 nitrogen and oxygen atoms in total. The molecule has 0 aromatic heterocycles. The van der Waals surface area contributed by atoms with Gasteiger partial charge in [-0.3, -0.25) is 14.9 Å². The Morgan fingerprint density at radius 1 is 0.885 bits per heavy atom. The second-order valence-corrected chi connectivity index (χ2v) is 6.04. The summed E-state index contributed by atoms with van der Waals surface area (Å²) in [6, 6.07) is 21.9. The lowest BCUT2D eigenvalue weighted by Crippen LogP contribution is -2.39. The highest BCUT2D eigenvalue weighted by atomic mass is 16.4. The second kappa shape index (κ2) is 8.27. The molecule has 0 heterocycles. The molecule has 0 bridgehead atoms. The first kappa shape index (κ1) is 17.6. The average molecular weight is 348 g/mol. The quantitative estimate of drug-likeness (QED) is 0.611.